The molecule has 0 spiro atoms. The van der Waals surface area contributed by atoms with E-state index in [1.807, 2.05) is 36.5 Å². The van der Waals surface area contributed by atoms with E-state index in [4.69, 9.17) is 9.47 Å². The molecule has 2 aromatic rings. The number of benzene rings is 1. The molecule has 0 aliphatic carbocycles. The van der Waals surface area contributed by atoms with Crippen molar-refractivity contribution in [3.05, 3.63) is 59.9 Å². The molecule has 168 valence electrons. The smallest absolute Gasteiger partial charge is 0.191 e. The topological polar surface area (TPSA) is 71.0 Å². The van der Waals surface area contributed by atoms with Crippen LogP contribution >= 0.6 is 0 Å². The van der Waals surface area contributed by atoms with E-state index in [9.17, 15) is 0 Å². The number of hydrogen-bond donors (Lipinski definition) is 2. The van der Waals surface area contributed by atoms with Crippen LogP contribution in [0.2, 0.25) is 0 Å². The number of hydrogen-bond acceptors (Lipinski definition) is 5. The number of piperidine rings is 1. The van der Waals surface area contributed by atoms with Gasteiger partial charge in [0.1, 0.15) is 5.75 Å². The highest BCUT2D eigenvalue weighted by Gasteiger charge is 2.20. The Kier molecular flexibility index (Phi) is 9.60. The lowest BCUT2D eigenvalue weighted by molar-refractivity contribution is 0.126. The highest BCUT2D eigenvalue weighted by Crippen LogP contribution is 2.18. The normalized spacial score (nSPS) is 15.6. The van der Waals surface area contributed by atoms with Crippen LogP contribution in [-0.4, -0.2) is 61.8 Å². The van der Waals surface area contributed by atoms with Crippen LogP contribution in [0, 0.1) is 0 Å². The molecule has 7 heteroatoms. The summed E-state index contributed by atoms with van der Waals surface area (Å²) in [7, 11) is 1.68. The summed E-state index contributed by atoms with van der Waals surface area (Å²) in [6, 6.07) is 14.5. The molecule has 0 radical (unpaired) electrons. The van der Waals surface area contributed by atoms with E-state index < -0.39 is 0 Å². The lowest BCUT2D eigenvalue weighted by Gasteiger charge is -2.32. The van der Waals surface area contributed by atoms with Crippen molar-refractivity contribution < 1.29 is 9.47 Å². The first-order valence-corrected chi connectivity index (χ1v) is 11.1. The van der Waals surface area contributed by atoms with Crippen molar-refractivity contribution in [2.75, 3.05) is 39.9 Å². The Morgan fingerprint density at radius 2 is 1.97 bits per heavy atom. The number of methoxy groups -OCH3 is 1. The van der Waals surface area contributed by atoms with Crippen LogP contribution in [-0.2, 0) is 17.9 Å². The first-order valence-electron chi connectivity index (χ1n) is 11.1. The Morgan fingerprint density at radius 3 is 2.71 bits per heavy atom. The van der Waals surface area contributed by atoms with Crippen LogP contribution < -0.4 is 15.4 Å². The van der Waals surface area contributed by atoms with Gasteiger partial charge in [-0.05, 0) is 38.0 Å². The van der Waals surface area contributed by atoms with Crippen molar-refractivity contribution in [1.29, 1.82) is 0 Å². The lowest BCUT2D eigenvalue weighted by atomic mass is 10.0. The van der Waals surface area contributed by atoms with Crippen molar-refractivity contribution in [3.63, 3.8) is 0 Å². The molecule has 1 aliphatic heterocycles. The number of nitrogens with one attached hydrogen (secondary N) is 2. The Hall–Kier alpha value is -2.64. The van der Waals surface area contributed by atoms with Gasteiger partial charge in [-0.3, -0.25) is 14.9 Å². The first kappa shape index (κ1) is 23.0. The molecular formula is C24H35N5O2. The van der Waals surface area contributed by atoms with E-state index in [0.29, 0.717) is 25.8 Å². The third-order valence-corrected chi connectivity index (χ3v) is 5.34. The molecule has 0 amide bonds. The van der Waals surface area contributed by atoms with Crippen LogP contribution in [0.3, 0.4) is 0 Å². The molecule has 31 heavy (non-hydrogen) atoms. The van der Waals surface area contributed by atoms with E-state index >= 15 is 0 Å². The van der Waals surface area contributed by atoms with E-state index in [1.165, 1.54) is 0 Å². The van der Waals surface area contributed by atoms with E-state index in [1.54, 1.807) is 7.11 Å². The first-order chi connectivity index (χ1) is 15.3. The van der Waals surface area contributed by atoms with E-state index in [2.05, 4.69) is 44.6 Å². The molecule has 1 fully saturated rings. The molecular weight excluding hydrogens is 390 g/mol. The maximum Gasteiger partial charge on any atom is 0.191 e. The predicted molar refractivity (Wildman–Crippen MR) is 124 cm³/mol. The van der Waals surface area contributed by atoms with Crippen molar-refractivity contribution in [1.82, 2.24) is 20.5 Å². The predicted octanol–water partition coefficient (Wildman–Crippen LogP) is 2.83. The van der Waals surface area contributed by atoms with Gasteiger partial charge in [0.15, 0.2) is 5.96 Å². The standard InChI is InChI=1S/C24H35N5O2/c1-3-25-24(27-14-17-31-19-20-8-4-5-10-23(20)30-2)28-21-11-15-29(16-12-21)18-22-9-6-7-13-26-22/h4-10,13,21H,3,11-12,14-19H2,1-2H3,(H2,25,27,28). The molecule has 1 saturated heterocycles. The maximum absolute atomic E-state index is 5.80. The Bertz CT molecular complexity index is 792. The summed E-state index contributed by atoms with van der Waals surface area (Å²) in [4.78, 5) is 11.6. The Morgan fingerprint density at radius 1 is 1.16 bits per heavy atom. The average Bonchev–Trinajstić information content (AvgIpc) is 2.81. The minimum absolute atomic E-state index is 0.437. The van der Waals surface area contributed by atoms with Crippen LogP contribution in [0.5, 0.6) is 5.75 Å². The van der Waals surface area contributed by atoms with Gasteiger partial charge in [0.05, 0.1) is 32.6 Å². The fourth-order valence-electron chi connectivity index (χ4n) is 3.70. The lowest BCUT2D eigenvalue weighted by Crippen LogP contribution is -2.48. The minimum Gasteiger partial charge on any atom is -0.496 e. The van der Waals surface area contributed by atoms with Gasteiger partial charge in [-0.2, -0.15) is 0 Å². The molecule has 1 aromatic heterocycles. The fraction of sp³-hybridized carbons (Fsp3) is 0.500. The van der Waals surface area contributed by atoms with Crippen molar-refractivity contribution >= 4 is 5.96 Å². The molecule has 1 aliphatic rings. The third-order valence-electron chi connectivity index (χ3n) is 5.34. The SMILES string of the molecule is CCNC(=NCCOCc1ccccc1OC)NC1CCN(Cc2ccccn2)CC1. The number of guanidine groups is 1. The fourth-order valence-corrected chi connectivity index (χ4v) is 3.70. The maximum atomic E-state index is 5.80. The summed E-state index contributed by atoms with van der Waals surface area (Å²) >= 11 is 0. The van der Waals surface area contributed by atoms with E-state index in [-0.39, 0.29) is 0 Å². The van der Waals surface area contributed by atoms with Crippen LogP contribution in [0.25, 0.3) is 0 Å². The second kappa shape index (κ2) is 12.9. The molecule has 3 rings (SSSR count). The molecule has 2 heterocycles. The molecule has 7 nitrogen and oxygen atoms in total. The van der Waals surface area contributed by atoms with Gasteiger partial charge in [-0.1, -0.05) is 24.3 Å². The number of ether oxygens (including phenoxy) is 2. The van der Waals surface area contributed by atoms with Gasteiger partial charge < -0.3 is 20.1 Å². The number of aliphatic imine (C=N–C) groups is 1. The monoisotopic (exact) mass is 425 g/mol. The van der Waals surface area contributed by atoms with Crippen LogP contribution in [0.1, 0.15) is 31.0 Å². The number of nitrogens with zero attached hydrogens (tertiary/aromatic N) is 3. The van der Waals surface area contributed by atoms with Gasteiger partial charge in [0, 0.05) is 44.0 Å². The number of rotatable bonds is 10. The summed E-state index contributed by atoms with van der Waals surface area (Å²) in [5.41, 5.74) is 2.19. The van der Waals surface area contributed by atoms with E-state index in [0.717, 1.165) is 62.0 Å². The van der Waals surface area contributed by atoms with Crippen LogP contribution in [0.15, 0.2) is 53.7 Å². The zero-order valence-corrected chi connectivity index (χ0v) is 18.7. The van der Waals surface area contributed by atoms with Gasteiger partial charge in [-0.25, -0.2) is 0 Å². The van der Waals surface area contributed by atoms with Crippen molar-refractivity contribution in [3.8, 4) is 5.75 Å². The zero-order valence-electron chi connectivity index (χ0n) is 18.7. The van der Waals surface area contributed by atoms with Gasteiger partial charge >= 0.3 is 0 Å². The largest absolute Gasteiger partial charge is 0.496 e. The molecule has 0 atom stereocenters. The zero-order chi connectivity index (χ0) is 21.7. The summed E-state index contributed by atoms with van der Waals surface area (Å²) < 4.78 is 11.2. The van der Waals surface area contributed by atoms with Gasteiger partial charge in [-0.15, -0.1) is 0 Å². The van der Waals surface area contributed by atoms with Crippen LogP contribution in [0.4, 0.5) is 0 Å². The van der Waals surface area contributed by atoms with Gasteiger partial charge in [0.2, 0.25) is 0 Å². The number of para-hydroxylation sites is 1. The molecule has 2 N–H and O–H groups in total. The summed E-state index contributed by atoms with van der Waals surface area (Å²) in [6.45, 7) is 7.69. The Labute approximate surface area is 185 Å². The summed E-state index contributed by atoms with van der Waals surface area (Å²) in [5, 5.41) is 6.94. The quantitative estimate of drug-likeness (QED) is 0.347. The highest BCUT2D eigenvalue weighted by molar-refractivity contribution is 5.80. The second-order valence-electron chi connectivity index (χ2n) is 7.64. The highest BCUT2D eigenvalue weighted by atomic mass is 16.5. The molecule has 1 aromatic carbocycles. The second-order valence-corrected chi connectivity index (χ2v) is 7.64. The van der Waals surface area contributed by atoms with Gasteiger partial charge in [0.25, 0.3) is 0 Å². The number of likely N-dealkylation sites (tertiary alicyclic amines) is 1. The minimum atomic E-state index is 0.437. The number of pyridine rings is 1. The molecule has 0 unspecified atom stereocenters. The summed E-state index contributed by atoms with van der Waals surface area (Å²) in [6.07, 6.45) is 4.06. The Balaban J connectivity index is 1.38. The third kappa shape index (κ3) is 7.84. The average molecular weight is 426 g/mol. The summed E-state index contributed by atoms with van der Waals surface area (Å²) in [5.74, 6) is 1.72. The molecule has 0 saturated carbocycles. The molecule has 0 bridgehead atoms. The number of aromatic nitrogens is 1. The van der Waals surface area contributed by atoms with Crippen molar-refractivity contribution in [2.45, 2.75) is 39.0 Å². The van der Waals surface area contributed by atoms with Crippen molar-refractivity contribution in [2.24, 2.45) is 4.99 Å².